The number of carbonyl (C=O) groups is 2. The van der Waals surface area contributed by atoms with E-state index in [0.29, 0.717) is 19.3 Å². The van der Waals surface area contributed by atoms with Gasteiger partial charge in [-0.05, 0) is 89.9 Å². The Labute approximate surface area is 409 Å². The number of allylic oxidation sites excluding steroid dienone is 10. The molecule has 66 heavy (non-hydrogen) atoms. The third-order valence-electron chi connectivity index (χ3n) is 12.8. The first kappa shape index (κ1) is 63.6. The van der Waals surface area contributed by atoms with Gasteiger partial charge in [0.15, 0.2) is 0 Å². The van der Waals surface area contributed by atoms with Crippen LogP contribution in [0.15, 0.2) is 60.8 Å². The average Bonchev–Trinajstić information content (AvgIpc) is 3.31. The second kappa shape index (κ2) is 53.5. The Morgan fingerprint density at radius 1 is 0.439 bits per heavy atom. The van der Waals surface area contributed by atoms with Crippen molar-refractivity contribution in [1.29, 1.82) is 0 Å². The molecule has 3 unspecified atom stereocenters. The van der Waals surface area contributed by atoms with Gasteiger partial charge in [0.2, 0.25) is 5.91 Å². The molecule has 0 aliphatic heterocycles. The van der Waals surface area contributed by atoms with Gasteiger partial charge in [-0.15, -0.1) is 0 Å². The fraction of sp³-hybridized carbons (Fsp3) is 0.800. The van der Waals surface area contributed by atoms with Crippen molar-refractivity contribution in [2.75, 3.05) is 6.61 Å². The number of carbonyl (C=O) groups excluding carboxylic acids is 2. The average molecular weight is 925 g/mol. The lowest BCUT2D eigenvalue weighted by Gasteiger charge is -2.24. The molecule has 6 heteroatoms. The minimum Gasteiger partial charge on any atom is -0.462 e. The number of aliphatic hydroxyl groups excluding tert-OH is 2. The molecular weight excluding hydrogens is 815 g/mol. The molecule has 0 bridgehead atoms. The zero-order chi connectivity index (χ0) is 48.1. The number of hydrogen-bond donors (Lipinski definition) is 3. The Bertz CT molecular complexity index is 1170. The van der Waals surface area contributed by atoms with Crippen LogP contribution in [0.5, 0.6) is 0 Å². The van der Waals surface area contributed by atoms with Crippen molar-refractivity contribution >= 4 is 11.9 Å². The SMILES string of the molecule is CCCCC/C=C\C/C=C\C/C=C\C/C=C\CCCC(CC(=O)NC(CO)C(O)CCCCCCCCCCCCCCCCC)OC(=O)CCCCCCCCC/C=C\CCCCCC. The molecule has 1 amide bonds. The van der Waals surface area contributed by atoms with Crippen molar-refractivity contribution in [3.63, 3.8) is 0 Å². The third-order valence-corrected chi connectivity index (χ3v) is 12.8. The van der Waals surface area contributed by atoms with E-state index in [2.05, 4.69) is 86.8 Å². The smallest absolute Gasteiger partial charge is 0.306 e. The van der Waals surface area contributed by atoms with E-state index >= 15 is 0 Å². The van der Waals surface area contributed by atoms with Crippen LogP contribution in [0, 0.1) is 0 Å². The van der Waals surface area contributed by atoms with E-state index in [-0.39, 0.29) is 24.9 Å². The van der Waals surface area contributed by atoms with E-state index in [9.17, 15) is 19.8 Å². The first-order valence-corrected chi connectivity index (χ1v) is 28.5. The zero-order valence-electron chi connectivity index (χ0n) is 43.8. The maximum atomic E-state index is 13.3. The Balaban J connectivity index is 4.66. The topological polar surface area (TPSA) is 95.9 Å². The van der Waals surface area contributed by atoms with Gasteiger partial charge in [0, 0.05) is 6.42 Å². The molecule has 0 fully saturated rings. The van der Waals surface area contributed by atoms with E-state index in [4.69, 9.17) is 4.74 Å². The molecule has 3 N–H and O–H groups in total. The van der Waals surface area contributed by atoms with E-state index in [1.807, 2.05) is 0 Å². The van der Waals surface area contributed by atoms with E-state index in [1.165, 1.54) is 167 Å². The molecule has 3 atom stereocenters. The normalized spacial score (nSPS) is 13.6. The molecule has 384 valence electrons. The highest BCUT2D eigenvalue weighted by Crippen LogP contribution is 2.17. The molecule has 0 heterocycles. The lowest BCUT2D eigenvalue weighted by atomic mass is 10.0. The van der Waals surface area contributed by atoms with Crippen LogP contribution in [0.2, 0.25) is 0 Å². The van der Waals surface area contributed by atoms with Gasteiger partial charge in [-0.2, -0.15) is 0 Å². The Morgan fingerprint density at radius 3 is 1.26 bits per heavy atom. The van der Waals surface area contributed by atoms with Gasteiger partial charge < -0.3 is 20.3 Å². The summed E-state index contributed by atoms with van der Waals surface area (Å²) in [5.74, 6) is -0.526. The van der Waals surface area contributed by atoms with Crippen molar-refractivity contribution in [2.45, 2.75) is 302 Å². The molecule has 0 aliphatic carbocycles. The third kappa shape index (κ3) is 48.0. The van der Waals surface area contributed by atoms with Crippen LogP contribution in [0.25, 0.3) is 0 Å². The fourth-order valence-electron chi connectivity index (χ4n) is 8.47. The van der Waals surface area contributed by atoms with E-state index in [1.54, 1.807) is 0 Å². The van der Waals surface area contributed by atoms with Crippen LogP contribution in [-0.2, 0) is 14.3 Å². The summed E-state index contributed by atoms with van der Waals surface area (Å²) < 4.78 is 5.93. The van der Waals surface area contributed by atoms with Crippen molar-refractivity contribution in [1.82, 2.24) is 5.32 Å². The first-order chi connectivity index (χ1) is 32.5. The van der Waals surface area contributed by atoms with Crippen molar-refractivity contribution in [3.8, 4) is 0 Å². The fourth-order valence-corrected chi connectivity index (χ4v) is 8.47. The minimum absolute atomic E-state index is 0.0383. The maximum absolute atomic E-state index is 13.3. The molecule has 0 spiro atoms. The summed E-state index contributed by atoms with van der Waals surface area (Å²) in [5, 5.41) is 23.9. The number of rotatable bonds is 51. The van der Waals surface area contributed by atoms with Gasteiger partial charge in [-0.3, -0.25) is 9.59 Å². The Kier molecular flexibility index (Phi) is 51.5. The second-order valence-electron chi connectivity index (χ2n) is 19.3. The predicted octanol–water partition coefficient (Wildman–Crippen LogP) is 17.6. The molecule has 0 radical (unpaired) electrons. The number of nitrogens with one attached hydrogen (secondary N) is 1. The quantitative estimate of drug-likeness (QED) is 0.0321. The molecule has 0 aliphatic rings. The van der Waals surface area contributed by atoms with Crippen LogP contribution in [0.1, 0.15) is 284 Å². The Hall–Kier alpha value is -2.44. The number of unbranched alkanes of at least 4 members (excludes halogenated alkanes) is 29. The highest BCUT2D eigenvalue weighted by molar-refractivity contribution is 5.77. The van der Waals surface area contributed by atoms with E-state index in [0.717, 1.165) is 70.6 Å². The highest BCUT2D eigenvalue weighted by atomic mass is 16.5. The molecule has 0 rings (SSSR count). The highest BCUT2D eigenvalue weighted by Gasteiger charge is 2.24. The van der Waals surface area contributed by atoms with Gasteiger partial charge in [0.25, 0.3) is 0 Å². The summed E-state index contributed by atoms with van der Waals surface area (Å²) in [6.07, 6.45) is 67.1. The summed E-state index contributed by atoms with van der Waals surface area (Å²) in [5.41, 5.74) is 0. The van der Waals surface area contributed by atoms with Gasteiger partial charge in [0.05, 0.1) is 25.2 Å². The van der Waals surface area contributed by atoms with Crippen LogP contribution in [0.4, 0.5) is 0 Å². The largest absolute Gasteiger partial charge is 0.462 e. The number of ether oxygens (including phenoxy) is 1. The number of esters is 1. The van der Waals surface area contributed by atoms with Crippen molar-refractivity contribution in [3.05, 3.63) is 60.8 Å². The lowest BCUT2D eigenvalue weighted by Crippen LogP contribution is -2.46. The molecule has 6 nitrogen and oxygen atoms in total. The predicted molar refractivity (Wildman–Crippen MR) is 287 cm³/mol. The number of aliphatic hydroxyl groups is 2. The van der Waals surface area contributed by atoms with Crippen LogP contribution < -0.4 is 5.32 Å². The van der Waals surface area contributed by atoms with Crippen LogP contribution >= 0.6 is 0 Å². The van der Waals surface area contributed by atoms with Gasteiger partial charge >= 0.3 is 5.97 Å². The first-order valence-electron chi connectivity index (χ1n) is 28.5. The Morgan fingerprint density at radius 2 is 0.788 bits per heavy atom. The lowest BCUT2D eigenvalue weighted by molar-refractivity contribution is -0.151. The zero-order valence-corrected chi connectivity index (χ0v) is 43.8. The van der Waals surface area contributed by atoms with Crippen LogP contribution in [0.3, 0.4) is 0 Å². The van der Waals surface area contributed by atoms with Gasteiger partial charge in [-0.1, -0.05) is 242 Å². The van der Waals surface area contributed by atoms with Gasteiger partial charge in [0.1, 0.15) is 6.10 Å². The van der Waals surface area contributed by atoms with Gasteiger partial charge in [-0.25, -0.2) is 0 Å². The molecule has 0 aromatic carbocycles. The number of hydrogen-bond acceptors (Lipinski definition) is 5. The molecule has 0 aromatic rings. The molecule has 0 saturated carbocycles. The van der Waals surface area contributed by atoms with Crippen LogP contribution in [-0.4, -0.2) is 46.9 Å². The maximum Gasteiger partial charge on any atom is 0.306 e. The standard InChI is InChI=1S/C60H109NO5/c1-4-7-10-13-16-19-22-25-28-29-32-33-36-39-42-45-48-51-56(66-60(65)53-50-47-44-41-38-35-31-27-24-21-18-15-12-9-6-3)54-59(64)61-57(55-62)58(63)52-49-46-43-40-37-34-30-26-23-20-17-14-11-8-5-2/h16,19,21,24-25,28,32-33,39,42,56-58,62-63H,4-15,17-18,20,22-23,26-27,29-31,34-38,40-41,43-55H2,1-3H3,(H,61,64)/b19-16-,24-21-,28-25-,33-32-,42-39-. The second-order valence-corrected chi connectivity index (χ2v) is 19.3. The van der Waals surface area contributed by atoms with Crippen molar-refractivity contribution in [2.24, 2.45) is 0 Å². The summed E-state index contributed by atoms with van der Waals surface area (Å²) >= 11 is 0. The summed E-state index contributed by atoms with van der Waals surface area (Å²) in [6, 6.07) is -0.721. The summed E-state index contributed by atoms with van der Waals surface area (Å²) in [4.78, 5) is 26.2. The molecule has 0 aromatic heterocycles. The summed E-state index contributed by atoms with van der Waals surface area (Å²) in [7, 11) is 0. The molecular formula is C60H109NO5. The molecule has 0 saturated heterocycles. The monoisotopic (exact) mass is 924 g/mol. The van der Waals surface area contributed by atoms with Crippen molar-refractivity contribution < 1.29 is 24.5 Å². The summed E-state index contributed by atoms with van der Waals surface area (Å²) in [6.45, 7) is 6.45. The van der Waals surface area contributed by atoms with E-state index < -0.39 is 18.2 Å². The number of amides is 1. The minimum atomic E-state index is -0.804.